The molecule has 2 aromatic rings. The van der Waals surface area contributed by atoms with Crippen LogP contribution in [0.5, 0.6) is 23.0 Å². The fourth-order valence-electron chi connectivity index (χ4n) is 1.80. The van der Waals surface area contributed by atoms with Gasteiger partial charge in [-0.15, -0.1) is 0 Å². The zero-order valence-corrected chi connectivity index (χ0v) is 11.3. The zero-order valence-electron chi connectivity index (χ0n) is 11.3. The third kappa shape index (κ3) is 3.23. The Hall–Kier alpha value is -2.62. The summed E-state index contributed by atoms with van der Waals surface area (Å²) in [6, 6.07) is 9.99. The average molecular weight is 272 g/mol. The normalized spacial score (nSPS) is 10.7. The standard InChI is InChI=1S/C16H16O4/c1-19-14-6-5-12(16(18)10-14)4-3-11-7-13(17)9-15(8-11)20-2/h3-10,17-18H,1-2H3. The van der Waals surface area contributed by atoms with E-state index < -0.39 is 0 Å². The van der Waals surface area contributed by atoms with Crippen molar-refractivity contribution < 1.29 is 19.7 Å². The summed E-state index contributed by atoms with van der Waals surface area (Å²) in [5, 5.41) is 19.4. The molecule has 0 aromatic heterocycles. The summed E-state index contributed by atoms with van der Waals surface area (Å²) >= 11 is 0. The highest BCUT2D eigenvalue weighted by molar-refractivity contribution is 5.73. The minimum Gasteiger partial charge on any atom is -0.508 e. The Balaban J connectivity index is 2.27. The van der Waals surface area contributed by atoms with Crippen molar-refractivity contribution in [3.63, 3.8) is 0 Å². The Labute approximate surface area is 117 Å². The average Bonchev–Trinajstić information content (AvgIpc) is 2.45. The molecular weight excluding hydrogens is 256 g/mol. The molecule has 2 N–H and O–H groups in total. The molecule has 0 aliphatic heterocycles. The van der Waals surface area contributed by atoms with E-state index in [0.717, 1.165) is 5.56 Å². The Morgan fingerprint density at radius 3 is 2.25 bits per heavy atom. The first-order valence-electron chi connectivity index (χ1n) is 6.05. The number of hydrogen-bond acceptors (Lipinski definition) is 4. The minimum absolute atomic E-state index is 0.128. The first kappa shape index (κ1) is 13.8. The maximum atomic E-state index is 9.85. The molecule has 4 nitrogen and oxygen atoms in total. The van der Waals surface area contributed by atoms with Gasteiger partial charge in [0.15, 0.2) is 0 Å². The number of ether oxygens (including phenoxy) is 2. The van der Waals surface area contributed by atoms with Crippen molar-refractivity contribution in [2.24, 2.45) is 0 Å². The van der Waals surface area contributed by atoms with Crippen molar-refractivity contribution in [2.45, 2.75) is 0 Å². The maximum Gasteiger partial charge on any atom is 0.126 e. The van der Waals surface area contributed by atoms with E-state index in [-0.39, 0.29) is 11.5 Å². The molecular formula is C16H16O4. The van der Waals surface area contributed by atoms with E-state index in [9.17, 15) is 10.2 Å². The van der Waals surface area contributed by atoms with E-state index in [1.165, 1.54) is 13.2 Å². The number of rotatable bonds is 4. The molecule has 0 atom stereocenters. The third-order valence-corrected chi connectivity index (χ3v) is 2.84. The fourth-order valence-corrected chi connectivity index (χ4v) is 1.80. The Morgan fingerprint density at radius 1 is 0.850 bits per heavy atom. The molecule has 4 heteroatoms. The highest BCUT2D eigenvalue weighted by Crippen LogP contribution is 2.27. The summed E-state index contributed by atoms with van der Waals surface area (Å²) in [5.74, 6) is 1.43. The van der Waals surface area contributed by atoms with Crippen LogP contribution >= 0.6 is 0 Å². The van der Waals surface area contributed by atoms with Crippen LogP contribution in [0.15, 0.2) is 36.4 Å². The second-order valence-corrected chi connectivity index (χ2v) is 4.22. The van der Waals surface area contributed by atoms with Crippen molar-refractivity contribution >= 4 is 12.2 Å². The van der Waals surface area contributed by atoms with Gasteiger partial charge in [-0.3, -0.25) is 0 Å². The van der Waals surface area contributed by atoms with Crippen molar-refractivity contribution in [3.05, 3.63) is 47.5 Å². The number of hydrogen-bond donors (Lipinski definition) is 2. The lowest BCUT2D eigenvalue weighted by Crippen LogP contribution is -1.84. The summed E-state index contributed by atoms with van der Waals surface area (Å²) in [7, 11) is 3.08. The van der Waals surface area contributed by atoms with Gasteiger partial charge < -0.3 is 19.7 Å². The molecule has 0 spiro atoms. The van der Waals surface area contributed by atoms with Gasteiger partial charge in [0.1, 0.15) is 23.0 Å². The first-order chi connectivity index (χ1) is 9.62. The second-order valence-electron chi connectivity index (χ2n) is 4.22. The van der Waals surface area contributed by atoms with Crippen LogP contribution in [0.2, 0.25) is 0 Å². The fraction of sp³-hybridized carbons (Fsp3) is 0.125. The van der Waals surface area contributed by atoms with E-state index in [1.807, 2.05) is 0 Å². The van der Waals surface area contributed by atoms with E-state index in [4.69, 9.17) is 9.47 Å². The molecule has 2 aromatic carbocycles. The number of benzene rings is 2. The molecule has 0 fully saturated rings. The van der Waals surface area contributed by atoms with Crippen LogP contribution in [-0.2, 0) is 0 Å². The van der Waals surface area contributed by atoms with Gasteiger partial charge in [0.25, 0.3) is 0 Å². The van der Waals surface area contributed by atoms with Gasteiger partial charge in [0.2, 0.25) is 0 Å². The van der Waals surface area contributed by atoms with Crippen LogP contribution < -0.4 is 9.47 Å². The predicted molar refractivity (Wildman–Crippen MR) is 78.2 cm³/mol. The summed E-state index contributed by atoms with van der Waals surface area (Å²) in [4.78, 5) is 0. The van der Waals surface area contributed by atoms with Gasteiger partial charge in [-0.05, 0) is 29.8 Å². The molecule has 0 heterocycles. The van der Waals surface area contributed by atoms with Gasteiger partial charge in [-0.2, -0.15) is 0 Å². The monoisotopic (exact) mass is 272 g/mol. The van der Waals surface area contributed by atoms with Crippen molar-refractivity contribution in [1.29, 1.82) is 0 Å². The molecule has 0 amide bonds. The number of phenolic OH excluding ortho intramolecular Hbond substituents is 2. The van der Waals surface area contributed by atoms with Gasteiger partial charge >= 0.3 is 0 Å². The highest BCUT2D eigenvalue weighted by Gasteiger charge is 2.01. The summed E-state index contributed by atoms with van der Waals surface area (Å²) < 4.78 is 10.1. The number of phenols is 2. The smallest absolute Gasteiger partial charge is 0.126 e. The Morgan fingerprint density at radius 2 is 1.60 bits per heavy atom. The Bertz CT molecular complexity index is 632. The SMILES string of the molecule is COc1cc(O)cc(C=Cc2ccc(OC)cc2O)c1. The molecule has 104 valence electrons. The Kier molecular flexibility index (Phi) is 4.15. The zero-order chi connectivity index (χ0) is 14.5. The maximum absolute atomic E-state index is 9.85. The quantitative estimate of drug-likeness (QED) is 0.838. The molecule has 0 saturated carbocycles. The third-order valence-electron chi connectivity index (χ3n) is 2.84. The van der Waals surface area contributed by atoms with Crippen LogP contribution in [0.25, 0.3) is 12.2 Å². The van der Waals surface area contributed by atoms with Crippen molar-refractivity contribution in [2.75, 3.05) is 14.2 Å². The molecule has 0 saturated heterocycles. The summed E-state index contributed by atoms with van der Waals surface area (Å²) in [6.07, 6.45) is 3.53. The summed E-state index contributed by atoms with van der Waals surface area (Å²) in [5.41, 5.74) is 1.44. The van der Waals surface area contributed by atoms with Crippen LogP contribution in [0.1, 0.15) is 11.1 Å². The molecule has 0 radical (unpaired) electrons. The van der Waals surface area contributed by atoms with Crippen LogP contribution in [0.4, 0.5) is 0 Å². The van der Waals surface area contributed by atoms with Crippen molar-refractivity contribution in [1.82, 2.24) is 0 Å². The van der Waals surface area contributed by atoms with Crippen LogP contribution in [0, 0.1) is 0 Å². The lowest BCUT2D eigenvalue weighted by atomic mass is 10.1. The largest absolute Gasteiger partial charge is 0.508 e. The van der Waals surface area contributed by atoms with Crippen LogP contribution in [-0.4, -0.2) is 24.4 Å². The molecule has 2 rings (SSSR count). The molecule has 0 unspecified atom stereocenters. The number of aromatic hydroxyl groups is 2. The molecule has 0 aliphatic rings. The first-order valence-corrected chi connectivity index (χ1v) is 6.05. The topological polar surface area (TPSA) is 58.9 Å². The van der Waals surface area contributed by atoms with Gasteiger partial charge in [0, 0.05) is 17.7 Å². The van der Waals surface area contributed by atoms with Crippen LogP contribution in [0.3, 0.4) is 0 Å². The highest BCUT2D eigenvalue weighted by atomic mass is 16.5. The molecule has 0 bridgehead atoms. The van der Waals surface area contributed by atoms with E-state index >= 15 is 0 Å². The lowest BCUT2D eigenvalue weighted by Gasteiger charge is -2.04. The van der Waals surface area contributed by atoms with E-state index in [2.05, 4.69) is 0 Å². The second kappa shape index (κ2) is 6.02. The minimum atomic E-state index is 0.128. The van der Waals surface area contributed by atoms with Gasteiger partial charge in [-0.1, -0.05) is 12.2 Å². The number of methoxy groups -OCH3 is 2. The van der Waals surface area contributed by atoms with E-state index in [1.54, 1.807) is 49.6 Å². The summed E-state index contributed by atoms with van der Waals surface area (Å²) in [6.45, 7) is 0. The molecule has 0 aliphatic carbocycles. The van der Waals surface area contributed by atoms with Crippen molar-refractivity contribution in [3.8, 4) is 23.0 Å². The lowest BCUT2D eigenvalue weighted by molar-refractivity contribution is 0.407. The van der Waals surface area contributed by atoms with Gasteiger partial charge in [0.05, 0.1) is 14.2 Å². The predicted octanol–water partition coefficient (Wildman–Crippen LogP) is 3.29. The molecule has 20 heavy (non-hydrogen) atoms. The van der Waals surface area contributed by atoms with Gasteiger partial charge in [-0.25, -0.2) is 0 Å². The van der Waals surface area contributed by atoms with E-state index in [0.29, 0.717) is 17.1 Å².